The summed E-state index contributed by atoms with van der Waals surface area (Å²) in [5, 5.41) is 17.1. The van der Waals surface area contributed by atoms with Crippen molar-refractivity contribution in [2.75, 3.05) is 18.5 Å². The fourth-order valence-electron chi connectivity index (χ4n) is 2.61. The lowest BCUT2D eigenvalue weighted by molar-refractivity contribution is 0.0528. The molecule has 0 fully saturated rings. The number of nitrogens with zero attached hydrogens (tertiary/aromatic N) is 3. The van der Waals surface area contributed by atoms with Crippen molar-refractivity contribution in [1.82, 2.24) is 14.6 Å². The van der Waals surface area contributed by atoms with Crippen LogP contribution >= 0.6 is 0 Å². The normalized spacial score (nSPS) is 12.1. The molecule has 0 saturated carbocycles. The minimum absolute atomic E-state index is 0.0458. The van der Waals surface area contributed by atoms with Crippen LogP contribution < -0.4 is 5.32 Å². The van der Waals surface area contributed by atoms with Gasteiger partial charge in [-0.3, -0.25) is 0 Å². The van der Waals surface area contributed by atoms with Crippen LogP contribution in [0.15, 0.2) is 36.7 Å². The summed E-state index contributed by atoms with van der Waals surface area (Å²) in [6.45, 7) is 4.28. The topological polar surface area (TPSA) is 88.8 Å². The van der Waals surface area contributed by atoms with E-state index >= 15 is 0 Å². The van der Waals surface area contributed by atoms with Gasteiger partial charge >= 0.3 is 5.97 Å². The van der Waals surface area contributed by atoms with E-state index in [-0.39, 0.29) is 23.8 Å². The number of carbonyl (C=O) groups is 1. The third-order valence-corrected chi connectivity index (χ3v) is 3.97. The second-order valence-electron chi connectivity index (χ2n) is 5.84. The number of benzene rings is 1. The zero-order valence-electron chi connectivity index (χ0n) is 14.4. The quantitative estimate of drug-likeness (QED) is 0.659. The lowest BCUT2D eigenvalue weighted by Gasteiger charge is -2.15. The summed E-state index contributed by atoms with van der Waals surface area (Å²) in [5.74, 6) is -0.457. The molecule has 0 spiro atoms. The van der Waals surface area contributed by atoms with Gasteiger partial charge in [0.1, 0.15) is 22.9 Å². The Hall–Kier alpha value is -3.16. The number of halogens is 1. The third-order valence-electron chi connectivity index (χ3n) is 3.97. The number of rotatable bonds is 6. The van der Waals surface area contributed by atoms with E-state index in [1.165, 1.54) is 28.9 Å². The van der Waals surface area contributed by atoms with Crippen molar-refractivity contribution in [3.8, 4) is 5.75 Å². The van der Waals surface area contributed by atoms with Crippen LogP contribution in [0.1, 0.15) is 35.7 Å². The summed E-state index contributed by atoms with van der Waals surface area (Å²) in [6.07, 6.45) is 3.09. The van der Waals surface area contributed by atoms with Gasteiger partial charge in [0.05, 0.1) is 12.8 Å². The smallest absolute Gasteiger partial charge is 0.343 e. The summed E-state index contributed by atoms with van der Waals surface area (Å²) in [6, 6.07) is 5.58. The van der Waals surface area contributed by atoms with Crippen molar-refractivity contribution in [3.63, 3.8) is 0 Å². The van der Waals surface area contributed by atoms with Crippen LogP contribution in [0.2, 0.25) is 0 Å². The minimum Gasteiger partial charge on any atom is -0.508 e. The molecule has 0 bridgehead atoms. The van der Waals surface area contributed by atoms with Crippen LogP contribution in [-0.2, 0) is 4.74 Å². The number of esters is 1. The Morgan fingerprint density at radius 2 is 2.23 bits per heavy atom. The maximum Gasteiger partial charge on any atom is 0.343 e. The molecule has 26 heavy (non-hydrogen) atoms. The Bertz CT molecular complexity index is 941. The molecule has 0 radical (unpaired) electrons. The van der Waals surface area contributed by atoms with Crippen molar-refractivity contribution >= 4 is 17.4 Å². The third kappa shape index (κ3) is 3.58. The Kier molecular flexibility index (Phi) is 5.01. The van der Waals surface area contributed by atoms with Gasteiger partial charge < -0.3 is 15.2 Å². The molecule has 136 valence electrons. The number of hydrogen-bond acceptors (Lipinski definition) is 6. The molecule has 2 aromatic heterocycles. The molecule has 0 aliphatic carbocycles. The van der Waals surface area contributed by atoms with Crippen molar-refractivity contribution in [2.45, 2.75) is 19.8 Å². The first-order valence-corrected chi connectivity index (χ1v) is 8.23. The predicted molar refractivity (Wildman–Crippen MR) is 93.9 cm³/mol. The molecule has 1 atom stereocenters. The second-order valence-corrected chi connectivity index (χ2v) is 5.84. The van der Waals surface area contributed by atoms with Gasteiger partial charge in [0, 0.05) is 24.2 Å². The molecule has 0 amide bonds. The van der Waals surface area contributed by atoms with E-state index in [4.69, 9.17) is 4.74 Å². The monoisotopic (exact) mass is 358 g/mol. The largest absolute Gasteiger partial charge is 0.508 e. The van der Waals surface area contributed by atoms with Crippen molar-refractivity contribution in [1.29, 1.82) is 0 Å². The van der Waals surface area contributed by atoms with Gasteiger partial charge in [0.2, 0.25) is 0 Å². The molecule has 8 heteroatoms. The number of aromatic nitrogens is 3. The molecule has 7 nitrogen and oxygen atoms in total. The molecule has 0 aliphatic rings. The zero-order chi connectivity index (χ0) is 18.7. The van der Waals surface area contributed by atoms with Gasteiger partial charge in [0.25, 0.3) is 0 Å². The number of phenols is 1. The first kappa shape index (κ1) is 17.7. The molecule has 0 aliphatic heterocycles. The summed E-state index contributed by atoms with van der Waals surface area (Å²) < 4.78 is 19.9. The van der Waals surface area contributed by atoms with Gasteiger partial charge in [-0.2, -0.15) is 5.10 Å². The number of hydrogen-bond donors (Lipinski definition) is 2. The van der Waals surface area contributed by atoms with E-state index in [0.717, 1.165) is 0 Å². The number of aromatic hydroxyl groups is 1. The summed E-state index contributed by atoms with van der Waals surface area (Å²) in [7, 11) is 0. The SMILES string of the molecule is CCOC(=O)c1cnn2ccc(NCC(C)c3cc(F)ccc3O)nc12. The summed E-state index contributed by atoms with van der Waals surface area (Å²) >= 11 is 0. The predicted octanol–water partition coefficient (Wildman–Crippen LogP) is 2.97. The van der Waals surface area contributed by atoms with E-state index in [2.05, 4.69) is 15.4 Å². The van der Waals surface area contributed by atoms with Crippen molar-refractivity contribution in [2.24, 2.45) is 0 Å². The highest BCUT2D eigenvalue weighted by Crippen LogP contribution is 2.26. The maximum atomic E-state index is 13.4. The highest BCUT2D eigenvalue weighted by atomic mass is 19.1. The van der Waals surface area contributed by atoms with Crippen molar-refractivity contribution in [3.05, 3.63) is 53.6 Å². The average Bonchev–Trinajstić information content (AvgIpc) is 3.05. The first-order valence-electron chi connectivity index (χ1n) is 8.23. The molecular formula is C18H19FN4O3. The number of phenolic OH excluding ortho intramolecular Hbond substituents is 1. The maximum absolute atomic E-state index is 13.4. The van der Waals surface area contributed by atoms with Gasteiger partial charge in [-0.05, 0) is 31.2 Å². The summed E-state index contributed by atoms with van der Waals surface area (Å²) in [4.78, 5) is 16.3. The number of carbonyl (C=O) groups excluding carboxylic acids is 1. The van der Waals surface area contributed by atoms with Crippen LogP contribution in [-0.4, -0.2) is 38.8 Å². The number of anilines is 1. The van der Waals surface area contributed by atoms with Gasteiger partial charge in [-0.15, -0.1) is 0 Å². The van der Waals surface area contributed by atoms with E-state index in [1.807, 2.05) is 6.92 Å². The van der Waals surface area contributed by atoms with Crippen LogP contribution in [0, 0.1) is 5.82 Å². The Morgan fingerprint density at radius 3 is 3.00 bits per heavy atom. The van der Waals surface area contributed by atoms with E-state index in [0.29, 0.717) is 23.6 Å². The van der Waals surface area contributed by atoms with E-state index < -0.39 is 11.8 Å². The first-order chi connectivity index (χ1) is 12.5. The fourth-order valence-corrected chi connectivity index (χ4v) is 2.61. The highest BCUT2D eigenvalue weighted by Gasteiger charge is 2.16. The molecule has 0 saturated heterocycles. The van der Waals surface area contributed by atoms with E-state index in [1.54, 1.807) is 19.2 Å². The molecule has 3 rings (SSSR count). The molecule has 1 aromatic carbocycles. The average molecular weight is 358 g/mol. The van der Waals surface area contributed by atoms with Gasteiger partial charge in [-0.25, -0.2) is 18.7 Å². The zero-order valence-corrected chi connectivity index (χ0v) is 14.4. The minimum atomic E-state index is -0.481. The van der Waals surface area contributed by atoms with Crippen LogP contribution in [0.25, 0.3) is 5.65 Å². The molecule has 1 unspecified atom stereocenters. The highest BCUT2D eigenvalue weighted by molar-refractivity contribution is 5.95. The second kappa shape index (κ2) is 7.38. The molecule has 2 N–H and O–H groups in total. The number of ether oxygens (including phenoxy) is 1. The molecule has 3 aromatic rings. The van der Waals surface area contributed by atoms with Gasteiger partial charge in [0.15, 0.2) is 5.65 Å². The van der Waals surface area contributed by atoms with Crippen LogP contribution in [0.4, 0.5) is 10.2 Å². The Balaban J connectivity index is 1.77. The van der Waals surface area contributed by atoms with E-state index in [9.17, 15) is 14.3 Å². The number of fused-ring (bicyclic) bond motifs is 1. The summed E-state index contributed by atoms with van der Waals surface area (Å²) in [5.41, 5.74) is 1.18. The van der Waals surface area contributed by atoms with Gasteiger partial charge in [-0.1, -0.05) is 6.92 Å². The Labute approximate surface area is 149 Å². The molecule has 2 heterocycles. The molecular weight excluding hydrogens is 339 g/mol. The van der Waals surface area contributed by atoms with Crippen LogP contribution in [0.5, 0.6) is 5.75 Å². The standard InChI is InChI=1S/C18H19FN4O3/c1-3-26-18(25)14-10-21-23-7-6-16(22-17(14)23)20-9-11(2)13-8-12(19)4-5-15(13)24/h4-8,10-11,24H,3,9H2,1-2H3,(H,20,22). The van der Waals surface area contributed by atoms with Crippen molar-refractivity contribution < 1.29 is 19.0 Å². The lowest BCUT2D eigenvalue weighted by atomic mass is 10.00. The number of nitrogens with one attached hydrogen (secondary N) is 1. The Morgan fingerprint density at radius 1 is 1.42 bits per heavy atom. The fraction of sp³-hybridized carbons (Fsp3) is 0.278. The van der Waals surface area contributed by atoms with Crippen LogP contribution in [0.3, 0.4) is 0 Å². The lowest BCUT2D eigenvalue weighted by Crippen LogP contribution is -2.12.